The molecular formula is C12H22N2S. The number of nitrogens with one attached hydrogen (secondary N) is 1. The van der Waals surface area contributed by atoms with Gasteiger partial charge in [-0.3, -0.25) is 0 Å². The second-order valence-corrected chi connectivity index (χ2v) is 5.45. The van der Waals surface area contributed by atoms with Crippen molar-refractivity contribution < 1.29 is 0 Å². The first-order valence-corrected chi connectivity index (χ1v) is 6.51. The molecule has 0 aromatic carbocycles. The third-order valence-corrected chi connectivity index (χ3v) is 3.73. The van der Waals surface area contributed by atoms with Crippen LogP contribution >= 0.6 is 11.3 Å². The number of hydrogen-bond donors (Lipinski definition) is 2. The SMILES string of the molecule is CCc1ccc(C(CN)NCC(C)C)s1. The van der Waals surface area contributed by atoms with Crippen LogP contribution < -0.4 is 11.1 Å². The van der Waals surface area contributed by atoms with E-state index in [-0.39, 0.29) is 0 Å². The molecular weight excluding hydrogens is 204 g/mol. The van der Waals surface area contributed by atoms with Crippen LogP contribution in [0.2, 0.25) is 0 Å². The zero-order valence-electron chi connectivity index (χ0n) is 9.92. The van der Waals surface area contributed by atoms with Gasteiger partial charge in [0.05, 0.1) is 6.04 Å². The van der Waals surface area contributed by atoms with Gasteiger partial charge in [0, 0.05) is 16.3 Å². The smallest absolute Gasteiger partial charge is 0.0539 e. The molecule has 0 bridgehead atoms. The molecule has 0 fully saturated rings. The van der Waals surface area contributed by atoms with Gasteiger partial charge in [-0.1, -0.05) is 20.8 Å². The maximum atomic E-state index is 5.79. The molecule has 0 amide bonds. The second kappa shape index (κ2) is 6.26. The monoisotopic (exact) mass is 226 g/mol. The molecule has 1 rings (SSSR count). The van der Waals surface area contributed by atoms with Gasteiger partial charge in [0.1, 0.15) is 0 Å². The highest BCUT2D eigenvalue weighted by Crippen LogP contribution is 2.23. The minimum absolute atomic E-state index is 0.331. The fourth-order valence-electron chi connectivity index (χ4n) is 1.45. The van der Waals surface area contributed by atoms with Crippen molar-refractivity contribution in [3.8, 4) is 0 Å². The molecule has 0 spiro atoms. The Morgan fingerprint density at radius 3 is 2.60 bits per heavy atom. The quantitative estimate of drug-likeness (QED) is 0.782. The van der Waals surface area contributed by atoms with Crippen molar-refractivity contribution in [3.63, 3.8) is 0 Å². The lowest BCUT2D eigenvalue weighted by atomic mass is 10.2. The van der Waals surface area contributed by atoms with Crippen molar-refractivity contribution in [1.29, 1.82) is 0 Å². The molecule has 3 N–H and O–H groups in total. The van der Waals surface area contributed by atoms with Crippen molar-refractivity contribution >= 4 is 11.3 Å². The molecule has 1 aromatic heterocycles. The molecule has 0 aliphatic carbocycles. The minimum Gasteiger partial charge on any atom is -0.329 e. The Morgan fingerprint density at radius 2 is 2.13 bits per heavy atom. The highest BCUT2D eigenvalue weighted by molar-refractivity contribution is 7.12. The van der Waals surface area contributed by atoms with Gasteiger partial charge in [0.15, 0.2) is 0 Å². The van der Waals surface area contributed by atoms with Crippen molar-refractivity contribution in [1.82, 2.24) is 5.32 Å². The van der Waals surface area contributed by atoms with E-state index in [1.165, 1.54) is 9.75 Å². The lowest BCUT2D eigenvalue weighted by Gasteiger charge is -2.16. The summed E-state index contributed by atoms with van der Waals surface area (Å²) < 4.78 is 0. The Morgan fingerprint density at radius 1 is 1.40 bits per heavy atom. The van der Waals surface area contributed by atoms with E-state index < -0.39 is 0 Å². The Balaban J connectivity index is 2.57. The van der Waals surface area contributed by atoms with Gasteiger partial charge < -0.3 is 11.1 Å². The first-order valence-electron chi connectivity index (χ1n) is 5.69. The molecule has 0 saturated carbocycles. The topological polar surface area (TPSA) is 38.0 Å². The van der Waals surface area contributed by atoms with Crippen molar-refractivity contribution in [2.24, 2.45) is 11.7 Å². The van der Waals surface area contributed by atoms with E-state index in [4.69, 9.17) is 5.73 Å². The molecule has 15 heavy (non-hydrogen) atoms. The van der Waals surface area contributed by atoms with Crippen molar-refractivity contribution in [2.45, 2.75) is 33.2 Å². The fraction of sp³-hybridized carbons (Fsp3) is 0.667. The fourth-order valence-corrected chi connectivity index (χ4v) is 2.49. The van der Waals surface area contributed by atoms with E-state index in [2.05, 4.69) is 38.2 Å². The largest absolute Gasteiger partial charge is 0.329 e. The first kappa shape index (κ1) is 12.7. The average molecular weight is 226 g/mol. The minimum atomic E-state index is 0.331. The number of aryl methyl sites for hydroxylation is 1. The third kappa shape index (κ3) is 3.93. The van der Waals surface area contributed by atoms with E-state index in [9.17, 15) is 0 Å². The normalized spacial score (nSPS) is 13.4. The van der Waals surface area contributed by atoms with Gasteiger partial charge in [-0.2, -0.15) is 0 Å². The van der Waals surface area contributed by atoms with Crippen LogP contribution in [0, 0.1) is 5.92 Å². The Hall–Kier alpha value is -0.380. The molecule has 1 aromatic rings. The zero-order valence-corrected chi connectivity index (χ0v) is 10.7. The summed E-state index contributed by atoms with van der Waals surface area (Å²) in [5.41, 5.74) is 5.79. The molecule has 1 atom stereocenters. The van der Waals surface area contributed by atoms with Crippen LogP contribution in [0.3, 0.4) is 0 Å². The van der Waals surface area contributed by atoms with Crippen LogP contribution in [0.5, 0.6) is 0 Å². The second-order valence-electron chi connectivity index (χ2n) is 4.25. The van der Waals surface area contributed by atoms with Crippen LogP contribution in [-0.2, 0) is 6.42 Å². The van der Waals surface area contributed by atoms with Gasteiger partial charge in [0.25, 0.3) is 0 Å². The third-order valence-electron chi connectivity index (χ3n) is 2.38. The van der Waals surface area contributed by atoms with Gasteiger partial charge in [-0.05, 0) is 31.0 Å². The van der Waals surface area contributed by atoms with E-state index >= 15 is 0 Å². The summed E-state index contributed by atoms with van der Waals surface area (Å²) in [7, 11) is 0. The summed E-state index contributed by atoms with van der Waals surface area (Å²) in [6, 6.07) is 4.74. The van der Waals surface area contributed by atoms with Crippen LogP contribution in [0.4, 0.5) is 0 Å². The summed E-state index contributed by atoms with van der Waals surface area (Å²) >= 11 is 1.87. The lowest BCUT2D eigenvalue weighted by molar-refractivity contribution is 0.483. The van der Waals surface area contributed by atoms with Crippen LogP contribution in [0.15, 0.2) is 12.1 Å². The van der Waals surface area contributed by atoms with Gasteiger partial charge >= 0.3 is 0 Å². The molecule has 1 heterocycles. The molecule has 0 aliphatic heterocycles. The Labute approximate surface area is 96.9 Å². The van der Waals surface area contributed by atoms with Crippen LogP contribution in [0.25, 0.3) is 0 Å². The van der Waals surface area contributed by atoms with E-state index in [1.54, 1.807) is 0 Å². The summed E-state index contributed by atoms with van der Waals surface area (Å²) in [6.45, 7) is 8.32. The van der Waals surface area contributed by atoms with E-state index in [0.29, 0.717) is 18.5 Å². The zero-order chi connectivity index (χ0) is 11.3. The molecule has 1 unspecified atom stereocenters. The van der Waals surface area contributed by atoms with Gasteiger partial charge in [-0.15, -0.1) is 11.3 Å². The Bertz CT molecular complexity index is 281. The Kier molecular flexibility index (Phi) is 5.29. The van der Waals surface area contributed by atoms with Crippen LogP contribution in [-0.4, -0.2) is 13.1 Å². The summed E-state index contributed by atoms with van der Waals surface area (Å²) in [5.74, 6) is 0.671. The number of thiophene rings is 1. The maximum absolute atomic E-state index is 5.79. The van der Waals surface area contributed by atoms with Gasteiger partial charge in [0.2, 0.25) is 0 Å². The van der Waals surface area contributed by atoms with E-state index in [0.717, 1.165) is 13.0 Å². The van der Waals surface area contributed by atoms with E-state index in [1.807, 2.05) is 11.3 Å². The number of hydrogen-bond acceptors (Lipinski definition) is 3. The summed E-state index contributed by atoms with van der Waals surface area (Å²) in [5, 5.41) is 3.51. The summed E-state index contributed by atoms with van der Waals surface area (Å²) in [4.78, 5) is 2.81. The number of rotatable bonds is 6. The standard InChI is InChI=1S/C12H22N2S/c1-4-10-5-6-12(15-10)11(7-13)14-8-9(2)3/h5-6,9,11,14H,4,7-8,13H2,1-3H3. The average Bonchev–Trinajstić information content (AvgIpc) is 2.67. The molecule has 0 radical (unpaired) electrons. The highest BCUT2D eigenvalue weighted by Gasteiger charge is 2.11. The predicted octanol–water partition coefficient (Wildman–Crippen LogP) is 2.56. The molecule has 86 valence electrons. The first-order chi connectivity index (χ1) is 7.17. The highest BCUT2D eigenvalue weighted by atomic mass is 32.1. The molecule has 0 saturated heterocycles. The molecule has 3 heteroatoms. The van der Waals surface area contributed by atoms with Crippen molar-refractivity contribution in [3.05, 3.63) is 21.9 Å². The predicted molar refractivity (Wildman–Crippen MR) is 68.3 cm³/mol. The summed E-state index contributed by atoms with van der Waals surface area (Å²) in [6.07, 6.45) is 1.12. The lowest BCUT2D eigenvalue weighted by Crippen LogP contribution is -2.30. The van der Waals surface area contributed by atoms with Crippen molar-refractivity contribution in [2.75, 3.05) is 13.1 Å². The molecule has 2 nitrogen and oxygen atoms in total. The van der Waals surface area contributed by atoms with Crippen LogP contribution in [0.1, 0.15) is 36.6 Å². The van der Waals surface area contributed by atoms with Gasteiger partial charge in [-0.25, -0.2) is 0 Å². The maximum Gasteiger partial charge on any atom is 0.0539 e. The molecule has 0 aliphatic rings. The number of nitrogens with two attached hydrogens (primary N) is 1.